The van der Waals surface area contributed by atoms with Gasteiger partial charge in [0.05, 0.1) is 5.41 Å². The van der Waals surface area contributed by atoms with E-state index < -0.39 is 5.41 Å². The van der Waals surface area contributed by atoms with Gasteiger partial charge in [-0.15, -0.1) is 25.3 Å². The summed E-state index contributed by atoms with van der Waals surface area (Å²) in [7, 11) is 0. The second-order valence-corrected chi connectivity index (χ2v) is 11.4. The average Bonchev–Trinajstić information content (AvgIpc) is 3.55. The van der Waals surface area contributed by atoms with Crippen molar-refractivity contribution in [3.63, 3.8) is 0 Å². The SMILES string of the molecule is SC1=CC=C2C(=Cc3cc(-c4ccccc4)ccc32)C12C(S)=CC=C1C2=Cc2cc(-c3ccccc3)ccc21. The van der Waals surface area contributed by atoms with Crippen molar-refractivity contribution in [2.45, 2.75) is 0 Å². The van der Waals surface area contributed by atoms with E-state index >= 15 is 0 Å². The lowest BCUT2D eigenvalue weighted by Crippen LogP contribution is -2.30. The molecule has 39 heavy (non-hydrogen) atoms. The highest BCUT2D eigenvalue weighted by atomic mass is 32.1. The first-order chi connectivity index (χ1) is 19.1. The largest absolute Gasteiger partial charge is 0.146 e. The van der Waals surface area contributed by atoms with Crippen molar-refractivity contribution in [3.8, 4) is 22.3 Å². The molecule has 0 bridgehead atoms. The number of thiol groups is 2. The Morgan fingerprint density at radius 1 is 0.436 bits per heavy atom. The lowest BCUT2D eigenvalue weighted by atomic mass is 9.65. The third kappa shape index (κ3) is 3.22. The second-order valence-electron chi connectivity index (χ2n) is 10.5. The van der Waals surface area contributed by atoms with Gasteiger partial charge in [0, 0.05) is 9.81 Å². The molecule has 1 spiro atoms. The Hall–Kier alpha value is -3.98. The molecule has 4 aliphatic rings. The Labute approximate surface area is 239 Å². The van der Waals surface area contributed by atoms with Crippen LogP contribution in [-0.4, -0.2) is 0 Å². The Kier molecular flexibility index (Phi) is 5.01. The van der Waals surface area contributed by atoms with Crippen molar-refractivity contribution < 1.29 is 0 Å². The molecule has 0 heterocycles. The highest BCUT2D eigenvalue weighted by molar-refractivity contribution is 7.86. The number of hydrogen-bond acceptors (Lipinski definition) is 2. The third-order valence-electron chi connectivity index (χ3n) is 8.47. The lowest BCUT2D eigenvalue weighted by molar-refractivity contribution is 0.728. The molecule has 0 saturated heterocycles. The van der Waals surface area contributed by atoms with Crippen LogP contribution >= 0.6 is 25.3 Å². The van der Waals surface area contributed by atoms with Gasteiger partial charge in [-0.2, -0.15) is 0 Å². The highest BCUT2D eigenvalue weighted by Gasteiger charge is 2.50. The molecule has 184 valence electrons. The molecule has 0 unspecified atom stereocenters. The fourth-order valence-electron chi connectivity index (χ4n) is 6.61. The van der Waals surface area contributed by atoms with Gasteiger partial charge < -0.3 is 0 Å². The third-order valence-corrected chi connectivity index (χ3v) is 9.44. The fourth-order valence-corrected chi connectivity index (χ4v) is 7.57. The van der Waals surface area contributed by atoms with Gasteiger partial charge in [-0.1, -0.05) is 109 Å². The standard InChI is InChI=1S/C37H24S2/c38-35-17-15-31-29-13-11-25(23-7-3-1-4-8-23)19-27(29)21-33(31)37(35)34-22-28-20-26(24-9-5-2-6-10-24)12-14-30(28)32(34)16-18-36(37)39/h1-22,38-39H. The number of hydrogen-bond donors (Lipinski definition) is 2. The van der Waals surface area contributed by atoms with Gasteiger partial charge in [-0.25, -0.2) is 0 Å². The van der Waals surface area contributed by atoms with Gasteiger partial charge >= 0.3 is 0 Å². The summed E-state index contributed by atoms with van der Waals surface area (Å²) in [6, 6.07) is 34.8. The maximum atomic E-state index is 5.14. The molecule has 0 atom stereocenters. The van der Waals surface area contributed by atoms with Crippen molar-refractivity contribution >= 4 is 48.6 Å². The molecule has 8 rings (SSSR count). The predicted molar refractivity (Wildman–Crippen MR) is 172 cm³/mol. The van der Waals surface area contributed by atoms with Crippen LogP contribution in [0.4, 0.5) is 0 Å². The molecule has 0 aromatic heterocycles. The number of benzene rings is 4. The molecular formula is C37H24S2. The summed E-state index contributed by atoms with van der Waals surface area (Å²) in [5, 5.41) is 0. The van der Waals surface area contributed by atoms with E-state index in [2.05, 4.69) is 134 Å². The van der Waals surface area contributed by atoms with Crippen LogP contribution in [0.3, 0.4) is 0 Å². The molecule has 0 radical (unpaired) electrons. The van der Waals surface area contributed by atoms with Crippen molar-refractivity contribution in [1.29, 1.82) is 0 Å². The van der Waals surface area contributed by atoms with E-state index in [-0.39, 0.29) is 0 Å². The molecule has 4 aliphatic carbocycles. The van der Waals surface area contributed by atoms with Crippen molar-refractivity contribution in [2.75, 3.05) is 0 Å². The molecule has 0 N–H and O–H groups in total. The van der Waals surface area contributed by atoms with E-state index in [1.807, 2.05) is 0 Å². The molecule has 0 amide bonds. The molecule has 0 nitrogen and oxygen atoms in total. The monoisotopic (exact) mass is 532 g/mol. The predicted octanol–water partition coefficient (Wildman–Crippen LogP) is 9.92. The van der Waals surface area contributed by atoms with Gasteiger partial charge in [0.2, 0.25) is 0 Å². The molecule has 4 aromatic rings. The summed E-state index contributed by atoms with van der Waals surface area (Å²) in [6.07, 6.45) is 13.5. The molecule has 0 aliphatic heterocycles. The van der Waals surface area contributed by atoms with Crippen molar-refractivity contribution in [2.24, 2.45) is 5.41 Å². The minimum absolute atomic E-state index is 0.530. The van der Waals surface area contributed by atoms with Crippen LogP contribution in [0.15, 0.2) is 142 Å². The molecule has 2 heteroatoms. The summed E-state index contributed by atoms with van der Waals surface area (Å²) in [5.74, 6) is 0. The molecule has 0 fully saturated rings. The minimum atomic E-state index is -0.530. The van der Waals surface area contributed by atoms with E-state index in [0.29, 0.717) is 0 Å². The first-order valence-electron chi connectivity index (χ1n) is 13.2. The van der Waals surface area contributed by atoms with Crippen molar-refractivity contribution in [1.82, 2.24) is 0 Å². The van der Waals surface area contributed by atoms with Gasteiger partial charge in [0.15, 0.2) is 0 Å². The first kappa shape index (κ1) is 23.0. The second kappa shape index (κ2) is 8.51. The Morgan fingerprint density at radius 3 is 1.31 bits per heavy atom. The van der Waals surface area contributed by atoms with Gasteiger partial charge in [-0.05, 0) is 91.1 Å². The quantitative estimate of drug-likeness (QED) is 0.236. The summed E-state index contributed by atoms with van der Waals surface area (Å²) < 4.78 is 0. The summed E-state index contributed by atoms with van der Waals surface area (Å²) in [6.45, 7) is 0. The van der Waals surface area contributed by atoms with Crippen LogP contribution in [0.5, 0.6) is 0 Å². The average molecular weight is 533 g/mol. The highest BCUT2D eigenvalue weighted by Crippen LogP contribution is 2.65. The zero-order valence-electron chi connectivity index (χ0n) is 21.1. The van der Waals surface area contributed by atoms with Gasteiger partial charge in [0.25, 0.3) is 0 Å². The van der Waals surface area contributed by atoms with E-state index in [4.69, 9.17) is 25.3 Å². The summed E-state index contributed by atoms with van der Waals surface area (Å²) in [5.41, 5.74) is 14.4. The van der Waals surface area contributed by atoms with E-state index in [1.165, 1.54) is 66.8 Å². The normalized spacial score (nSPS) is 17.6. The lowest BCUT2D eigenvalue weighted by Gasteiger charge is -2.42. The van der Waals surface area contributed by atoms with Crippen LogP contribution in [0.2, 0.25) is 0 Å². The molecular weight excluding hydrogens is 509 g/mol. The maximum Gasteiger partial charge on any atom is 0.0826 e. The number of allylic oxidation sites excluding steroid dienone is 10. The van der Waals surface area contributed by atoms with Gasteiger partial charge in [0.1, 0.15) is 0 Å². The van der Waals surface area contributed by atoms with Crippen LogP contribution in [-0.2, 0) is 0 Å². The number of fused-ring (bicyclic) bond motifs is 8. The van der Waals surface area contributed by atoms with Gasteiger partial charge in [-0.3, -0.25) is 0 Å². The summed E-state index contributed by atoms with van der Waals surface area (Å²) in [4.78, 5) is 2.01. The van der Waals surface area contributed by atoms with E-state index in [0.717, 1.165) is 9.81 Å². The maximum absolute atomic E-state index is 5.14. The molecule has 4 aromatic carbocycles. The van der Waals surface area contributed by atoms with Crippen LogP contribution in [0, 0.1) is 5.41 Å². The first-order valence-corrected chi connectivity index (χ1v) is 14.1. The Bertz CT molecular complexity index is 1750. The number of rotatable bonds is 2. The smallest absolute Gasteiger partial charge is 0.0826 e. The molecule has 0 saturated carbocycles. The zero-order chi connectivity index (χ0) is 26.1. The van der Waals surface area contributed by atoms with Crippen LogP contribution < -0.4 is 0 Å². The zero-order valence-corrected chi connectivity index (χ0v) is 22.9. The van der Waals surface area contributed by atoms with E-state index in [1.54, 1.807) is 0 Å². The van der Waals surface area contributed by atoms with E-state index in [9.17, 15) is 0 Å². The fraction of sp³-hybridized carbons (Fsp3) is 0.0270. The van der Waals surface area contributed by atoms with Crippen LogP contribution in [0.25, 0.3) is 45.6 Å². The van der Waals surface area contributed by atoms with Crippen LogP contribution in [0.1, 0.15) is 22.3 Å². The minimum Gasteiger partial charge on any atom is -0.146 e. The Balaban J connectivity index is 1.29. The van der Waals surface area contributed by atoms with Crippen molar-refractivity contribution in [3.05, 3.63) is 165 Å². The Morgan fingerprint density at radius 2 is 0.872 bits per heavy atom. The topological polar surface area (TPSA) is 0 Å². The summed E-state index contributed by atoms with van der Waals surface area (Å²) >= 11 is 10.3.